The van der Waals surface area contributed by atoms with Crippen molar-refractivity contribution in [1.82, 2.24) is 4.98 Å². The van der Waals surface area contributed by atoms with Crippen molar-refractivity contribution in [2.24, 2.45) is 0 Å². The van der Waals surface area contributed by atoms with E-state index in [1.54, 1.807) is 17.5 Å². The number of thiophene rings is 1. The second-order valence-electron chi connectivity index (χ2n) is 3.67. The lowest BCUT2D eigenvalue weighted by atomic mass is 10.1. The standard InChI is InChI=1S/C13H12BrNOS/c1-2-9-4-3-7-15-13(9)11(16)8-10-5-6-12(14)17-10/h3-7H,2,8H2,1H3. The normalized spacial score (nSPS) is 10.5. The molecule has 17 heavy (non-hydrogen) atoms. The van der Waals surface area contributed by atoms with Crippen LogP contribution in [-0.4, -0.2) is 10.8 Å². The average Bonchev–Trinajstić information content (AvgIpc) is 2.74. The molecule has 88 valence electrons. The number of carbonyl (C=O) groups excluding carboxylic acids is 1. The predicted octanol–water partition coefficient (Wildman–Crippen LogP) is 3.89. The van der Waals surface area contributed by atoms with Gasteiger partial charge in [0.05, 0.1) is 3.79 Å². The second kappa shape index (κ2) is 5.56. The number of aryl methyl sites for hydroxylation is 1. The summed E-state index contributed by atoms with van der Waals surface area (Å²) in [6, 6.07) is 7.77. The van der Waals surface area contributed by atoms with Gasteiger partial charge < -0.3 is 0 Å². The van der Waals surface area contributed by atoms with Crippen molar-refractivity contribution in [2.45, 2.75) is 19.8 Å². The van der Waals surface area contributed by atoms with Crippen LogP contribution in [-0.2, 0) is 12.8 Å². The first-order valence-electron chi connectivity index (χ1n) is 5.42. The van der Waals surface area contributed by atoms with E-state index in [1.807, 2.05) is 31.2 Å². The molecule has 2 aromatic heterocycles. The molecule has 2 heterocycles. The minimum Gasteiger partial charge on any atom is -0.292 e. The Balaban J connectivity index is 2.20. The Kier molecular flexibility index (Phi) is 4.07. The van der Waals surface area contributed by atoms with Gasteiger partial charge in [0.15, 0.2) is 5.78 Å². The van der Waals surface area contributed by atoms with Crippen molar-refractivity contribution in [3.8, 4) is 0 Å². The third kappa shape index (κ3) is 3.01. The number of ketones is 1. The van der Waals surface area contributed by atoms with E-state index in [0.717, 1.165) is 20.6 Å². The van der Waals surface area contributed by atoms with Crippen LogP contribution in [0.1, 0.15) is 27.9 Å². The molecule has 0 aliphatic heterocycles. The summed E-state index contributed by atoms with van der Waals surface area (Å²) >= 11 is 4.99. The highest BCUT2D eigenvalue weighted by Crippen LogP contribution is 2.23. The molecule has 0 atom stereocenters. The molecule has 0 fully saturated rings. The zero-order chi connectivity index (χ0) is 12.3. The molecule has 0 bridgehead atoms. The number of hydrogen-bond donors (Lipinski definition) is 0. The molecule has 0 unspecified atom stereocenters. The number of hydrogen-bond acceptors (Lipinski definition) is 3. The summed E-state index contributed by atoms with van der Waals surface area (Å²) in [6.07, 6.45) is 2.94. The highest BCUT2D eigenvalue weighted by molar-refractivity contribution is 9.11. The molecule has 4 heteroatoms. The maximum absolute atomic E-state index is 12.1. The van der Waals surface area contributed by atoms with Crippen molar-refractivity contribution in [3.05, 3.63) is 50.4 Å². The molecule has 0 saturated carbocycles. The SMILES string of the molecule is CCc1cccnc1C(=O)Cc1ccc(Br)s1. The Bertz CT molecular complexity index is 536. The number of rotatable bonds is 4. The first-order valence-corrected chi connectivity index (χ1v) is 7.03. The molecular formula is C13H12BrNOS. The highest BCUT2D eigenvalue weighted by Gasteiger charge is 2.13. The van der Waals surface area contributed by atoms with E-state index in [9.17, 15) is 4.79 Å². The van der Waals surface area contributed by atoms with Gasteiger partial charge >= 0.3 is 0 Å². The van der Waals surface area contributed by atoms with E-state index in [0.29, 0.717) is 12.1 Å². The van der Waals surface area contributed by atoms with Gasteiger partial charge in [0, 0.05) is 17.5 Å². The number of Topliss-reactive ketones (excluding diaryl/α,β-unsaturated/α-hetero) is 1. The van der Waals surface area contributed by atoms with Crippen LogP contribution in [0.5, 0.6) is 0 Å². The summed E-state index contributed by atoms with van der Waals surface area (Å²) in [5, 5.41) is 0. The fourth-order valence-electron chi connectivity index (χ4n) is 1.66. The zero-order valence-corrected chi connectivity index (χ0v) is 11.8. The number of pyridine rings is 1. The van der Waals surface area contributed by atoms with E-state index in [-0.39, 0.29) is 5.78 Å². The van der Waals surface area contributed by atoms with Crippen LogP contribution >= 0.6 is 27.3 Å². The molecule has 0 amide bonds. The fraction of sp³-hybridized carbons (Fsp3) is 0.231. The molecule has 0 saturated heterocycles. The van der Waals surface area contributed by atoms with Gasteiger partial charge in [0.2, 0.25) is 0 Å². The average molecular weight is 310 g/mol. The molecule has 0 N–H and O–H groups in total. The third-order valence-electron chi connectivity index (χ3n) is 2.50. The Morgan fingerprint density at radius 1 is 1.41 bits per heavy atom. The fourth-order valence-corrected chi connectivity index (χ4v) is 3.15. The van der Waals surface area contributed by atoms with Gasteiger partial charge in [0.1, 0.15) is 5.69 Å². The summed E-state index contributed by atoms with van der Waals surface area (Å²) in [5.74, 6) is 0.0943. The minimum atomic E-state index is 0.0943. The maximum Gasteiger partial charge on any atom is 0.186 e. The maximum atomic E-state index is 12.1. The van der Waals surface area contributed by atoms with E-state index in [2.05, 4.69) is 20.9 Å². The lowest BCUT2D eigenvalue weighted by Gasteiger charge is -2.04. The van der Waals surface area contributed by atoms with Gasteiger partial charge in [0.25, 0.3) is 0 Å². The third-order valence-corrected chi connectivity index (χ3v) is 4.12. The summed E-state index contributed by atoms with van der Waals surface area (Å²) in [7, 11) is 0. The van der Waals surface area contributed by atoms with Crippen LogP contribution in [0.2, 0.25) is 0 Å². The van der Waals surface area contributed by atoms with Gasteiger partial charge in [-0.05, 0) is 46.1 Å². The van der Waals surface area contributed by atoms with Gasteiger partial charge in [-0.25, -0.2) is 0 Å². The van der Waals surface area contributed by atoms with Crippen LogP contribution in [0.15, 0.2) is 34.2 Å². The minimum absolute atomic E-state index is 0.0943. The molecular weight excluding hydrogens is 298 g/mol. The summed E-state index contributed by atoms with van der Waals surface area (Å²) in [6.45, 7) is 2.04. The molecule has 0 spiro atoms. The summed E-state index contributed by atoms with van der Waals surface area (Å²) < 4.78 is 1.05. The van der Waals surface area contributed by atoms with Gasteiger partial charge in [-0.15, -0.1) is 11.3 Å². The Morgan fingerprint density at radius 3 is 2.88 bits per heavy atom. The molecule has 0 aromatic carbocycles. The first-order chi connectivity index (χ1) is 8.20. The Hall–Kier alpha value is -1.000. The quantitative estimate of drug-likeness (QED) is 0.802. The molecule has 0 aliphatic rings. The highest BCUT2D eigenvalue weighted by atomic mass is 79.9. The van der Waals surface area contributed by atoms with Gasteiger partial charge in [-0.2, -0.15) is 0 Å². The van der Waals surface area contributed by atoms with E-state index in [1.165, 1.54) is 0 Å². The molecule has 0 aliphatic carbocycles. The lowest BCUT2D eigenvalue weighted by Crippen LogP contribution is -2.08. The smallest absolute Gasteiger partial charge is 0.186 e. The predicted molar refractivity (Wildman–Crippen MR) is 73.7 cm³/mol. The van der Waals surface area contributed by atoms with Crippen molar-refractivity contribution in [3.63, 3.8) is 0 Å². The summed E-state index contributed by atoms with van der Waals surface area (Å²) in [5.41, 5.74) is 1.63. The molecule has 2 nitrogen and oxygen atoms in total. The van der Waals surface area contributed by atoms with E-state index >= 15 is 0 Å². The van der Waals surface area contributed by atoms with Crippen LogP contribution in [0, 0.1) is 0 Å². The lowest BCUT2D eigenvalue weighted by molar-refractivity contribution is 0.0988. The van der Waals surface area contributed by atoms with Crippen LogP contribution in [0.4, 0.5) is 0 Å². The Morgan fingerprint density at radius 2 is 2.24 bits per heavy atom. The van der Waals surface area contributed by atoms with Gasteiger partial charge in [-0.1, -0.05) is 13.0 Å². The number of aromatic nitrogens is 1. The molecule has 2 rings (SSSR count). The van der Waals surface area contributed by atoms with Crippen molar-refractivity contribution >= 4 is 33.0 Å². The van der Waals surface area contributed by atoms with E-state index in [4.69, 9.17) is 0 Å². The van der Waals surface area contributed by atoms with Crippen LogP contribution < -0.4 is 0 Å². The molecule has 2 aromatic rings. The summed E-state index contributed by atoms with van der Waals surface area (Å²) in [4.78, 5) is 17.4. The van der Waals surface area contributed by atoms with Gasteiger partial charge in [-0.3, -0.25) is 9.78 Å². The molecule has 0 radical (unpaired) electrons. The largest absolute Gasteiger partial charge is 0.292 e. The van der Waals surface area contributed by atoms with Crippen LogP contribution in [0.3, 0.4) is 0 Å². The van der Waals surface area contributed by atoms with Crippen molar-refractivity contribution in [1.29, 1.82) is 0 Å². The second-order valence-corrected chi connectivity index (χ2v) is 6.22. The monoisotopic (exact) mass is 309 g/mol. The number of carbonyl (C=O) groups is 1. The first kappa shape index (κ1) is 12.5. The topological polar surface area (TPSA) is 30.0 Å². The number of halogens is 1. The van der Waals surface area contributed by atoms with Crippen LogP contribution in [0.25, 0.3) is 0 Å². The zero-order valence-electron chi connectivity index (χ0n) is 9.44. The van der Waals surface area contributed by atoms with Crippen molar-refractivity contribution in [2.75, 3.05) is 0 Å². The number of nitrogens with zero attached hydrogens (tertiary/aromatic N) is 1. The van der Waals surface area contributed by atoms with Crippen molar-refractivity contribution < 1.29 is 4.79 Å². The van der Waals surface area contributed by atoms with E-state index < -0.39 is 0 Å². The Labute approximate surface area is 113 Å².